The molecule has 1 nitrogen and oxygen atoms in total. The van der Waals surface area contributed by atoms with E-state index in [2.05, 4.69) is 52.0 Å². The largest absolute Gasteiger partial charge is 0.299 e. The Morgan fingerprint density at radius 3 is 2.53 bits per heavy atom. The van der Waals surface area contributed by atoms with E-state index in [4.69, 9.17) is 0 Å². The van der Waals surface area contributed by atoms with Crippen LogP contribution in [0.1, 0.15) is 51.2 Å². The highest BCUT2D eigenvalue weighted by molar-refractivity contribution is 5.82. The topological polar surface area (TPSA) is 17.1 Å². The number of carbonyl (C=O) groups is 1. The van der Waals surface area contributed by atoms with E-state index < -0.39 is 0 Å². The number of benzene rings is 1. The van der Waals surface area contributed by atoms with Crippen molar-refractivity contribution in [3.8, 4) is 0 Å². The molecule has 1 fully saturated rings. The normalized spacial score (nSPS) is 24.5. The van der Waals surface area contributed by atoms with Crippen LogP contribution in [0.15, 0.2) is 24.3 Å². The molecule has 0 amide bonds. The molecule has 1 aromatic carbocycles. The van der Waals surface area contributed by atoms with Gasteiger partial charge in [0.15, 0.2) is 0 Å². The molecule has 1 aliphatic rings. The van der Waals surface area contributed by atoms with Crippen molar-refractivity contribution >= 4 is 5.78 Å². The Balaban J connectivity index is 2.10. The van der Waals surface area contributed by atoms with Crippen LogP contribution in [0.4, 0.5) is 0 Å². The molecule has 19 heavy (non-hydrogen) atoms. The summed E-state index contributed by atoms with van der Waals surface area (Å²) in [5.74, 6) is 1.39. The van der Waals surface area contributed by atoms with Gasteiger partial charge in [-0.1, -0.05) is 45.0 Å². The fraction of sp³-hybridized carbons (Fsp3) is 0.611. The lowest BCUT2D eigenvalue weighted by atomic mass is 9.67. The van der Waals surface area contributed by atoms with Crippen molar-refractivity contribution < 1.29 is 4.79 Å². The lowest BCUT2D eigenvalue weighted by molar-refractivity contribution is -0.126. The fourth-order valence-electron chi connectivity index (χ4n) is 3.20. The Bertz CT molecular complexity index is 453. The van der Waals surface area contributed by atoms with Crippen molar-refractivity contribution in [1.82, 2.24) is 0 Å². The fourth-order valence-corrected chi connectivity index (χ4v) is 3.20. The molecule has 0 radical (unpaired) electrons. The summed E-state index contributed by atoms with van der Waals surface area (Å²) < 4.78 is 0. The first-order valence-corrected chi connectivity index (χ1v) is 7.45. The summed E-state index contributed by atoms with van der Waals surface area (Å²) in [5, 5.41) is 0. The van der Waals surface area contributed by atoms with Crippen molar-refractivity contribution in [3.63, 3.8) is 0 Å². The van der Waals surface area contributed by atoms with Crippen molar-refractivity contribution in [1.29, 1.82) is 0 Å². The van der Waals surface area contributed by atoms with E-state index >= 15 is 0 Å². The summed E-state index contributed by atoms with van der Waals surface area (Å²) in [6.07, 6.45) is 3.85. The van der Waals surface area contributed by atoms with Crippen LogP contribution in [0.3, 0.4) is 0 Å². The molecule has 1 saturated carbocycles. The summed E-state index contributed by atoms with van der Waals surface area (Å²) in [6, 6.07) is 8.46. The number of hydrogen-bond donors (Lipinski definition) is 0. The van der Waals surface area contributed by atoms with Crippen molar-refractivity contribution in [2.75, 3.05) is 0 Å². The molecule has 0 bridgehead atoms. The lowest BCUT2D eigenvalue weighted by Crippen LogP contribution is -2.33. The molecule has 0 heterocycles. The zero-order chi connectivity index (χ0) is 14.0. The molecule has 2 unspecified atom stereocenters. The average Bonchev–Trinajstić information content (AvgIpc) is 2.33. The maximum Gasteiger partial charge on any atom is 0.136 e. The van der Waals surface area contributed by atoms with Crippen molar-refractivity contribution in [3.05, 3.63) is 35.4 Å². The van der Waals surface area contributed by atoms with Gasteiger partial charge in [-0.05, 0) is 48.6 Å². The zero-order valence-electron chi connectivity index (χ0n) is 12.7. The highest BCUT2D eigenvalue weighted by Crippen LogP contribution is 2.40. The minimum absolute atomic E-state index is 0.235. The molecule has 1 aliphatic carbocycles. The van der Waals surface area contributed by atoms with Crippen LogP contribution in [0.2, 0.25) is 0 Å². The monoisotopic (exact) mass is 258 g/mol. The Kier molecular flexibility index (Phi) is 4.13. The van der Waals surface area contributed by atoms with Crippen LogP contribution in [0.25, 0.3) is 0 Å². The first-order valence-electron chi connectivity index (χ1n) is 7.45. The van der Waals surface area contributed by atoms with Crippen molar-refractivity contribution in [2.45, 2.75) is 53.4 Å². The summed E-state index contributed by atoms with van der Waals surface area (Å²) in [5.41, 5.74) is 2.98. The second kappa shape index (κ2) is 5.48. The predicted octanol–water partition coefficient (Wildman–Crippen LogP) is 4.57. The summed E-state index contributed by atoms with van der Waals surface area (Å²) in [4.78, 5) is 12.2. The van der Waals surface area contributed by atoms with Crippen LogP contribution in [-0.4, -0.2) is 5.78 Å². The molecule has 0 aliphatic heterocycles. The van der Waals surface area contributed by atoms with E-state index in [0.717, 1.165) is 25.7 Å². The number of Topliss-reactive ketones (excluding diaryl/α,β-unsaturated/α-hetero) is 1. The SMILES string of the molecule is Cc1ccccc1CC1CC(C(C)(C)C)CCC1=O. The molecule has 0 saturated heterocycles. The molecule has 104 valence electrons. The van der Waals surface area contributed by atoms with Gasteiger partial charge in [-0.3, -0.25) is 4.79 Å². The molecule has 1 heteroatoms. The van der Waals surface area contributed by atoms with Gasteiger partial charge < -0.3 is 0 Å². The molecular formula is C18H26O. The van der Waals surface area contributed by atoms with Gasteiger partial charge >= 0.3 is 0 Å². The maximum atomic E-state index is 12.2. The first kappa shape index (κ1) is 14.3. The zero-order valence-corrected chi connectivity index (χ0v) is 12.7. The van der Waals surface area contributed by atoms with E-state index in [1.165, 1.54) is 11.1 Å². The molecule has 2 atom stereocenters. The second-order valence-electron chi connectivity index (χ2n) is 7.13. The van der Waals surface area contributed by atoms with Gasteiger partial charge in [-0.15, -0.1) is 0 Å². The van der Waals surface area contributed by atoms with Crippen LogP contribution >= 0.6 is 0 Å². The average molecular weight is 258 g/mol. The highest BCUT2D eigenvalue weighted by atomic mass is 16.1. The molecule has 0 N–H and O–H groups in total. The van der Waals surface area contributed by atoms with Gasteiger partial charge in [-0.25, -0.2) is 0 Å². The van der Waals surface area contributed by atoms with Gasteiger partial charge in [0.05, 0.1) is 0 Å². The van der Waals surface area contributed by atoms with E-state index in [9.17, 15) is 4.79 Å². The van der Waals surface area contributed by atoms with Gasteiger partial charge in [0.25, 0.3) is 0 Å². The summed E-state index contributed by atoms with van der Waals surface area (Å²) in [7, 11) is 0. The third kappa shape index (κ3) is 3.46. The lowest BCUT2D eigenvalue weighted by Gasteiger charge is -2.37. The van der Waals surface area contributed by atoms with Crippen LogP contribution < -0.4 is 0 Å². The van der Waals surface area contributed by atoms with E-state index in [1.807, 2.05) is 0 Å². The second-order valence-corrected chi connectivity index (χ2v) is 7.13. The predicted molar refractivity (Wildman–Crippen MR) is 80.2 cm³/mol. The number of hydrogen-bond acceptors (Lipinski definition) is 1. The molecule has 1 aromatic rings. The van der Waals surface area contributed by atoms with Crippen LogP contribution in [-0.2, 0) is 11.2 Å². The minimum Gasteiger partial charge on any atom is -0.299 e. The summed E-state index contributed by atoms with van der Waals surface area (Å²) >= 11 is 0. The van der Waals surface area contributed by atoms with E-state index in [1.54, 1.807) is 0 Å². The first-order chi connectivity index (χ1) is 8.88. The third-order valence-electron chi connectivity index (χ3n) is 4.72. The molecular weight excluding hydrogens is 232 g/mol. The van der Waals surface area contributed by atoms with Crippen LogP contribution in [0.5, 0.6) is 0 Å². The third-order valence-corrected chi connectivity index (χ3v) is 4.72. The number of ketones is 1. The molecule has 0 aromatic heterocycles. The molecule has 0 spiro atoms. The van der Waals surface area contributed by atoms with Gasteiger partial charge in [0.1, 0.15) is 5.78 Å². The Morgan fingerprint density at radius 1 is 1.21 bits per heavy atom. The number of rotatable bonds is 2. The number of carbonyl (C=O) groups excluding carboxylic acids is 1. The quantitative estimate of drug-likeness (QED) is 0.759. The standard InChI is InChI=1S/C18H26O/c1-13-7-5-6-8-14(13)11-15-12-16(18(2,3)4)9-10-17(15)19/h5-8,15-16H,9-12H2,1-4H3. The Morgan fingerprint density at radius 2 is 1.89 bits per heavy atom. The van der Waals surface area contributed by atoms with Gasteiger partial charge in [0.2, 0.25) is 0 Å². The van der Waals surface area contributed by atoms with Crippen LogP contribution in [0, 0.1) is 24.2 Å². The molecule has 2 rings (SSSR count). The Hall–Kier alpha value is -1.11. The van der Waals surface area contributed by atoms with E-state index in [0.29, 0.717) is 17.1 Å². The highest BCUT2D eigenvalue weighted by Gasteiger charge is 2.34. The number of aryl methyl sites for hydroxylation is 1. The Labute approximate surface area is 117 Å². The summed E-state index contributed by atoms with van der Waals surface area (Å²) in [6.45, 7) is 9.05. The minimum atomic E-state index is 0.235. The van der Waals surface area contributed by atoms with Gasteiger partial charge in [0, 0.05) is 12.3 Å². The maximum absolute atomic E-state index is 12.2. The van der Waals surface area contributed by atoms with Gasteiger partial charge in [-0.2, -0.15) is 0 Å². The van der Waals surface area contributed by atoms with Crippen molar-refractivity contribution in [2.24, 2.45) is 17.3 Å². The van der Waals surface area contributed by atoms with E-state index in [-0.39, 0.29) is 5.92 Å². The smallest absolute Gasteiger partial charge is 0.136 e.